The number of rotatable bonds is 0. The van der Waals surface area contributed by atoms with Gasteiger partial charge in [-0.3, -0.25) is 4.99 Å². The smallest absolute Gasteiger partial charge is 0.193 e. The number of aliphatic imine (C=N–C) groups is 1. The molecule has 70 valence electrons. The first kappa shape index (κ1) is 9.32. The molecule has 0 aliphatic carbocycles. The van der Waals surface area contributed by atoms with Crippen molar-refractivity contribution in [1.82, 2.24) is 10.2 Å². The summed E-state index contributed by atoms with van der Waals surface area (Å²) in [5, 5.41) is 12.4. The SMILES string of the molecule is CN=C(NC)N1CCC[C@H](O)C1. The Labute approximate surface area is 73.3 Å². The summed E-state index contributed by atoms with van der Waals surface area (Å²) < 4.78 is 0. The summed E-state index contributed by atoms with van der Waals surface area (Å²) >= 11 is 0. The number of piperidine rings is 1. The second-order valence-electron chi connectivity index (χ2n) is 3.04. The molecule has 0 saturated carbocycles. The Balaban J connectivity index is 2.50. The van der Waals surface area contributed by atoms with Gasteiger partial charge in [-0.25, -0.2) is 0 Å². The molecule has 1 rings (SSSR count). The molecule has 1 heterocycles. The van der Waals surface area contributed by atoms with Crippen molar-refractivity contribution in [1.29, 1.82) is 0 Å². The fourth-order valence-corrected chi connectivity index (χ4v) is 1.56. The fraction of sp³-hybridized carbons (Fsp3) is 0.875. The van der Waals surface area contributed by atoms with E-state index in [0.29, 0.717) is 6.54 Å². The van der Waals surface area contributed by atoms with Crippen LogP contribution < -0.4 is 5.32 Å². The van der Waals surface area contributed by atoms with Gasteiger partial charge in [-0.2, -0.15) is 0 Å². The lowest BCUT2D eigenvalue weighted by Gasteiger charge is -2.32. The number of hydrogen-bond acceptors (Lipinski definition) is 2. The molecule has 1 aliphatic heterocycles. The van der Waals surface area contributed by atoms with Gasteiger partial charge in [-0.1, -0.05) is 0 Å². The fourth-order valence-electron chi connectivity index (χ4n) is 1.56. The largest absolute Gasteiger partial charge is 0.391 e. The van der Waals surface area contributed by atoms with Crippen molar-refractivity contribution in [2.24, 2.45) is 4.99 Å². The van der Waals surface area contributed by atoms with Crippen LogP contribution in [0.4, 0.5) is 0 Å². The van der Waals surface area contributed by atoms with Crippen LogP contribution in [0.3, 0.4) is 0 Å². The maximum absolute atomic E-state index is 9.40. The minimum atomic E-state index is -0.191. The molecule has 1 saturated heterocycles. The van der Waals surface area contributed by atoms with Gasteiger partial charge in [0.2, 0.25) is 0 Å². The summed E-state index contributed by atoms with van der Waals surface area (Å²) in [6, 6.07) is 0. The molecule has 0 aromatic heterocycles. The molecule has 4 heteroatoms. The Hall–Kier alpha value is -0.770. The number of hydrogen-bond donors (Lipinski definition) is 2. The van der Waals surface area contributed by atoms with Crippen LogP contribution in [0, 0.1) is 0 Å². The normalized spacial score (nSPS) is 25.8. The highest BCUT2D eigenvalue weighted by Gasteiger charge is 2.19. The van der Waals surface area contributed by atoms with Crippen molar-refractivity contribution >= 4 is 5.96 Å². The summed E-state index contributed by atoms with van der Waals surface area (Å²) in [5.74, 6) is 0.869. The van der Waals surface area contributed by atoms with Gasteiger partial charge in [0.1, 0.15) is 0 Å². The van der Waals surface area contributed by atoms with Crippen LogP contribution in [0.25, 0.3) is 0 Å². The summed E-state index contributed by atoms with van der Waals surface area (Å²) in [6.07, 6.45) is 1.77. The van der Waals surface area contributed by atoms with E-state index in [1.54, 1.807) is 7.05 Å². The Morgan fingerprint density at radius 2 is 2.42 bits per heavy atom. The van der Waals surface area contributed by atoms with Crippen molar-refractivity contribution in [2.75, 3.05) is 27.2 Å². The van der Waals surface area contributed by atoms with E-state index in [1.807, 2.05) is 7.05 Å². The molecule has 0 bridgehead atoms. The number of guanidine groups is 1. The predicted molar refractivity (Wildman–Crippen MR) is 49.2 cm³/mol. The monoisotopic (exact) mass is 171 g/mol. The first-order chi connectivity index (χ1) is 5.77. The molecule has 0 aromatic rings. The number of likely N-dealkylation sites (tertiary alicyclic amines) is 1. The summed E-state index contributed by atoms with van der Waals surface area (Å²) in [4.78, 5) is 6.16. The van der Waals surface area contributed by atoms with E-state index in [2.05, 4.69) is 15.2 Å². The molecular weight excluding hydrogens is 154 g/mol. The lowest BCUT2D eigenvalue weighted by Crippen LogP contribution is -2.47. The van der Waals surface area contributed by atoms with Crippen molar-refractivity contribution < 1.29 is 5.11 Å². The maximum Gasteiger partial charge on any atom is 0.193 e. The van der Waals surface area contributed by atoms with Crippen molar-refractivity contribution in [3.8, 4) is 0 Å². The third-order valence-electron chi connectivity index (χ3n) is 2.13. The second kappa shape index (κ2) is 4.30. The summed E-state index contributed by atoms with van der Waals surface area (Å²) in [5.41, 5.74) is 0. The van der Waals surface area contributed by atoms with Gasteiger partial charge >= 0.3 is 0 Å². The van der Waals surface area contributed by atoms with E-state index in [4.69, 9.17) is 0 Å². The van der Waals surface area contributed by atoms with E-state index in [0.717, 1.165) is 25.3 Å². The number of aliphatic hydroxyl groups excluding tert-OH is 1. The minimum Gasteiger partial charge on any atom is -0.391 e. The zero-order valence-corrected chi connectivity index (χ0v) is 7.75. The van der Waals surface area contributed by atoms with Crippen LogP contribution in [0.2, 0.25) is 0 Å². The highest BCUT2D eigenvalue weighted by molar-refractivity contribution is 5.79. The third kappa shape index (κ3) is 2.11. The van der Waals surface area contributed by atoms with Crippen molar-refractivity contribution in [2.45, 2.75) is 18.9 Å². The third-order valence-corrected chi connectivity index (χ3v) is 2.13. The van der Waals surface area contributed by atoms with Crippen LogP contribution in [-0.4, -0.2) is 49.3 Å². The van der Waals surface area contributed by atoms with Crippen LogP contribution in [0.15, 0.2) is 4.99 Å². The quantitative estimate of drug-likeness (QED) is 0.387. The molecule has 1 aliphatic rings. The van der Waals surface area contributed by atoms with Crippen LogP contribution >= 0.6 is 0 Å². The molecule has 0 aromatic carbocycles. The molecule has 4 nitrogen and oxygen atoms in total. The molecule has 0 spiro atoms. The first-order valence-corrected chi connectivity index (χ1v) is 4.35. The summed E-state index contributed by atoms with van der Waals surface area (Å²) in [6.45, 7) is 1.69. The molecule has 2 N–H and O–H groups in total. The van der Waals surface area contributed by atoms with Crippen LogP contribution in [-0.2, 0) is 0 Å². The zero-order valence-electron chi connectivity index (χ0n) is 7.75. The summed E-state index contributed by atoms with van der Waals surface area (Å²) in [7, 11) is 3.61. The number of aliphatic hydroxyl groups is 1. The Kier molecular flexibility index (Phi) is 3.34. The molecule has 0 amide bonds. The second-order valence-corrected chi connectivity index (χ2v) is 3.04. The van der Waals surface area contributed by atoms with Crippen molar-refractivity contribution in [3.05, 3.63) is 0 Å². The number of nitrogens with zero attached hydrogens (tertiary/aromatic N) is 2. The lowest BCUT2D eigenvalue weighted by atomic mass is 10.1. The van der Waals surface area contributed by atoms with Gasteiger partial charge in [0.25, 0.3) is 0 Å². The van der Waals surface area contributed by atoms with Gasteiger partial charge in [-0.15, -0.1) is 0 Å². The standard InChI is InChI=1S/C8H17N3O/c1-9-8(10-2)11-5-3-4-7(12)6-11/h7,12H,3-6H2,1-2H3,(H,9,10)/t7-/m0/s1. The van der Waals surface area contributed by atoms with E-state index in [9.17, 15) is 5.11 Å². The molecule has 12 heavy (non-hydrogen) atoms. The predicted octanol–water partition coefficient (Wildman–Crippen LogP) is -0.352. The van der Waals surface area contributed by atoms with Gasteiger partial charge in [0.15, 0.2) is 5.96 Å². The Morgan fingerprint density at radius 1 is 1.67 bits per heavy atom. The van der Waals surface area contributed by atoms with Crippen LogP contribution in [0.5, 0.6) is 0 Å². The Bertz CT molecular complexity index is 170. The van der Waals surface area contributed by atoms with Gasteiger partial charge < -0.3 is 15.3 Å². The topological polar surface area (TPSA) is 47.9 Å². The average Bonchev–Trinajstić information content (AvgIpc) is 2.07. The maximum atomic E-state index is 9.40. The first-order valence-electron chi connectivity index (χ1n) is 4.35. The number of β-amino-alcohol motifs (C(OH)–C–C–N with tert-alkyl or cyclic N) is 1. The van der Waals surface area contributed by atoms with Gasteiger partial charge in [0, 0.05) is 27.2 Å². The highest BCUT2D eigenvalue weighted by Crippen LogP contribution is 2.09. The van der Waals surface area contributed by atoms with E-state index in [1.165, 1.54) is 0 Å². The Morgan fingerprint density at radius 3 is 2.92 bits per heavy atom. The number of nitrogens with one attached hydrogen (secondary N) is 1. The van der Waals surface area contributed by atoms with E-state index < -0.39 is 0 Å². The van der Waals surface area contributed by atoms with Gasteiger partial charge in [0.05, 0.1) is 6.10 Å². The molecular formula is C8H17N3O. The average molecular weight is 171 g/mol. The highest BCUT2D eigenvalue weighted by atomic mass is 16.3. The molecule has 1 atom stereocenters. The molecule has 0 unspecified atom stereocenters. The van der Waals surface area contributed by atoms with E-state index >= 15 is 0 Å². The minimum absolute atomic E-state index is 0.191. The molecule has 0 radical (unpaired) electrons. The zero-order chi connectivity index (χ0) is 8.97. The van der Waals surface area contributed by atoms with Gasteiger partial charge in [-0.05, 0) is 12.8 Å². The molecule has 1 fully saturated rings. The lowest BCUT2D eigenvalue weighted by molar-refractivity contribution is 0.102. The van der Waals surface area contributed by atoms with E-state index in [-0.39, 0.29) is 6.10 Å². The van der Waals surface area contributed by atoms with Crippen LogP contribution in [0.1, 0.15) is 12.8 Å². The van der Waals surface area contributed by atoms with Crippen molar-refractivity contribution in [3.63, 3.8) is 0 Å².